The predicted molar refractivity (Wildman–Crippen MR) is 80.9 cm³/mol. The molecule has 3 nitrogen and oxygen atoms in total. The van der Waals surface area contributed by atoms with Crippen molar-refractivity contribution in [1.82, 2.24) is 0 Å². The van der Waals surface area contributed by atoms with E-state index in [0.717, 1.165) is 0 Å². The molecule has 2 unspecified atom stereocenters. The fourth-order valence-corrected chi connectivity index (χ4v) is 2.57. The van der Waals surface area contributed by atoms with Crippen molar-refractivity contribution in [2.75, 3.05) is 6.61 Å². The number of para-hydroxylation sites is 2. The first-order chi connectivity index (χ1) is 11.8. The van der Waals surface area contributed by atoms with E-state index in [1.165, 1.54) is 30.3 Å². The van der Waals surface area contributed by atoms with Crippen LogP contribution in [0.15, 0.2) is 48.5 Å². The van der Waals surface area contributed by atoms with E-state index in [2.05, 4.69) is 4.74 Å². The number of carbonyl (C=O) groups is 1. The third-order valence-corrected chi connectivity index (χ3v) is 3.85. The lowest BCUT2D eigenvalue weighted by Gasteiger charge is -2.13. The average Bonchev–Trinajstić information content (AvgIpc) is 3.34. The lowest BCUT2D eigenvalue weighted by Crippen LogP contribution is -2.20. The fraction of sp³-hybridized carbons (Fsp3) is 0.278. The van der Waals surface area contributed by atoms with E-state index in [0.29, 0.717) is 12.0 Å². The number of esters is 1. The smallest absolute Gasteiger partial charge is 0.422 e. The summed E-state index contributed by atoms with van der Waals surface area (Å²) < 4.78 is 60.4. The van der Waals surface area contributed by atoms with Gasteiger partial charge in [-0.2, -0.15) is 13.2 Å². The van der Waals surface area contributed by atoms with Crippen LogP contribution in [0.2, 0.25) is 0 Å². The maximum absolute atomic E-state index is 13.7. The van der Waals surface area contributed by atoms with Crippen LogP contribution in [0.25, 0.3) is 0 Å². The van der Waals surface area contributed by atoms with Gasteiger partial charge in [0.1, 0.15) is 5.82 Å². The van der Waals surface area contributed by atoms with Gasteiger partial charge in [0.25, 0.3) is 0 Å². The van der Waals surface area contributed by atoms with Crippen molar-refractivity contribution in [2.24, 2.45) is 5.92 Å². The number of benzene rings is 2. The molecule has 0 aromatic heterocycles. The lowest BCUT2D eigenvalue weighted by molar-refractivity contribution is -0.153. The van der Waals surface area contributed by atoms with E-state index in [4.69, 9.17) is 4.74 Å². The standard InChI is InChI=1S/C18H14F4O3/c19-14-6-2-1-5-11(14)12-9-13(12)17(23)25-16-8-4-3-7-15(16)24-10-18(20,21)22/h1-8,12-13H,9-10H2. The van der Waals surface area contributed by atoms with E-state index in [1.54, 1.807) is 18.2 Å². The summed E-state index contributed by atoms with van der Waals surface area (Å²) in [4.78, 5) is 12.2. The van der Waals surface area contributed by atoms with Gasteiger partial charge in [0, 0.05) is 5.92 Å². The van der Waals surface area contributed by atoms with Gasteiger partial charge in [0.15, 0.2) is 18.1 Å². The molecule has 3 rings (SSSR count). The maximum atomic E-state index is 13.7. The molecule has 0 amide bonds. The number of ether oxygens (including phenoxy) is 2. The quantitative estimate of drug-likeness (QED) is 0.451. The Morgan fingerprint density at radius 3 is 2.36 bits per heavy atom. The van der Waals surface area contributed by atoms with E-state index >= 15 is 0 Å². The van der Waals surface area contributed by atoms with Gasteiger partial charge in [-0.25, -0.2) is 4.39 Å². The average molecular weight is 354 g/mol. The molecule has 0 aliphatic heterocycles. The second-order valence-corrected chi connectivity index (χ2v) is 5.74. The number of rotatable bonds is 5. The highest BCUT2D eigenvalue weighted by molar-refractivity contribution is 5.80. The molecule has 1 aliphatic carbocycles. The maximum Gasteiger partial charge on any atom is 0.422 e. The first-order valence-corrected chi connectivity index (χ1v) is 7.60. The number of hydrogen-bond acceptors (Lipinski definition) is 3. The van der Waals surface area contributed by atoms with Crippen molar-refractivity contribution in [1.29, 1.82) is 0 Å². The van der Waals surface area contributed by atoms with Gasteiger partial charge in [-0.3, -0.25) is 4.79 Å². The summed E-state index contributed by atoms with van der Waals surface area (Å²) in [6.07, 6.45) is -4.06. The largest absolute Gasteiger partial charge is 0.480 e. The van der Waals surface area contributed by atoms with Crippen molar-refractivity contribution in [3.63, 3.8) is 0 Å². The van der Waals surface area contributed by atoms with E-state index in [1.807, 2.05) is 0 Å². The van der Waals surface area contributed by atoms with Gasteiger partial charge in [0.2, 0.25) is 0 Å². The predicted octanol–water partition coefficient (Wildman–Crippen LogP) is 4.48. The van der Waals surface area contributed by atoms with Crippen molar-refractivity contribution in [3.8, 4) is 11.5 Å². The first kappa shape index (κ1) is 17.3. The topological polar surface area (TPSA) is 35.5 Å². The number of carbonyl (C=O) groups excluding carboxylic acids is 1. The van der Waals surface area contributed by atoms with E-state index < -0.39 is 30.5 Å². The zero-order valence-electron chi connectivity index (χ0n) is 12.9. The summed E-state index contributed by atoms with van der Waals surface area (Å²) in [5.41, 5.74) is 0.436. The van der Waals surface area contributed by atoms with Gasteiger partial charge < -0.3 is 9.47 Å². The third-order valence-electron chi connectivity index (χ3n) is 3.85. The molecule has 0 saturated heterocycles. The fourth-order valence-electron chi connectivity index (χ4n) is 2.57. The second kappa shape index (κ2) is 6.74. The van der Waals surface area contributed by atoms with Crippen molar-refractivity contribution in [3.05, 3.63) is 59.9 Å². The van der Waals surface area contributed by atoms with Crippen LogP contribution in [0.5, 0.6) is 11.5 Å². The first-order valence-electron chi connectivity index (χ1n) is 7.60. The number of hydrogen-bond donors (Lipinski definition) is 0. The Morgan fingerprint density at radius 1 is 1.04 bits per heavy atom. The van der Waals surface area contributed by atoms with Crippen LogP contribution in [0, 0.1) is 11.7 Å². The van der Waals surface area contributed by atoms with Gasteiger partial charge in [-0.15, -0.1) is 0 Å². The summed E-state index contributed by atoms with van der Waals surface area (Å²) in [7, 11) is 0. The Morgan fingerprint density at radius 2 is 1.68 bits per heavy atom. The van der Waals surface area contributed by atoms with Gasteiger partial charge in [-0.1, -0.05) is 30.3 Å². The molecule has 25 heavy (non-hydrogen) atoms. The molecule has 1 fully saturated rings. The van der Waals surface area contributed by atoms with Crippen LogP contribution in [0.4, 0.5) is 17.6 Å². The van der Waals surface area contributed by atoms with Crippen molar-refractivity contribution < 1.29 is 31.8 Å². The Kier molecular flexibility index (Phi) is 4.65. The molecular weight excluding hydrogens is 340 g/mol. The minimum absolute atomic E-state index is 0.0871. The molecule has 0 spiro atoms. The van der Waals surface area contributed by atoms with Crippen LogP contribution >= 0.6 is 0 Å². The SMILES string of the molecule is O=C(Oc1ccccc1OCC(F)(F)F)C1CC1c1ccccc1F. The van der Waals surface area contributed by atoms with Gasteiger partial charge in [0.05, 0.1) is 5.92 Å². The van der Waals surface area contributed by atoms with Crippen molar-refractivity contribution in [2.45, 2.75) is 18.5 Å². The molecule has 2 atom stereocenters. The summed E-state index contributed by atoms with van der Waals surface area (Å²) >= 11 is 0. The molecule has 2 aromatic rings. The monoisotopic (exact) mass is 354 g/mol. The Hall–Kier alpha value is -2.57. The van der Waals surface area contributed by atoms with Crippen molar-refractivity contribution >= 4 is 5.97 Å². The molecule has 1 aliphatic rings. The highest BCUT2D eigenvalue weighted by Crippen LogP contribution is 2.49. The summed E-state index contributed by atoms with van der Waals surface area (Å²) in [5.74, 6) is -2.07. The molecule has 132 valence electrons. The van der Waals surface area contributed by atoms with E-state index in [-0.39, 0.29) is 17.4 Å². The molecule has 0 heterocycles. The third kappa shape index (κ3) is 4.29. The highest BCUT2D eigenvalue weighted by Gasteiger charge is 2.46. The lowest BCUT2D eigenvalue weighted by atomic mass is 10.1. The van der Waals surface area contributed by atoms with Gasteiger partial charge in [-0.05, 0) is 30.2 Å². The minimum Gasteiger partial charge on any atom is -0.480 e. The summed E-state index contributed by atoms with van der Waals surface area (Å²) in [6, 6.07) is 11.8. The van der Waals surface area contributed by atoms with Crippen LogP contribution < -0.4 is 9.47 Å². The Bertz CT molecular complexity index is 773. The Balaban J connectivity index is 1.66. The van der Waals surface area contributed by atoms with Crippen LogP contribution in [-0.4, -0.2) is 18.8 Å². The molecule has 2 aromatic carbocycles. The molecule has 0 N–H and O–H groups in total. The summed E-state index contributed by atoms with van der Waals surface area (Å²) in [6.45, 7) is -1.48. The normalized spacial score (nSPS) is 19.4. The van der Waals surface area contributed by atoms with Crippen LogP contribution in [0.3, 0.4) is 0 Å². The second-order valence-electron chi connectivity index (χ2n) is 5.74. The zero-order valence-corrected chi connectivity index (χ0v) is 12.9. The molecule has 0 radical (unpaired) electrons. The summed E-state index contributed by atoms with van der Waals surface area (Å²) in [5, 5.41) is 0. The Labute approximate surface area is 141 Å². The number of halogens is 4. The molecule has 7 heteroatoms. The molecule has 1 saturated carbocycles. The molecule has 0 bridgehead atoms. The molecular formula is C18H14F4O3. The zero-order chi connectivity index (χ0) is 18.0. The minimum atomic E-state index is -4.50. The highest BCUT2D eigenvalue weighted by atomic mass is 19.4. The van der Waals surface area contributed by atoms with E-state index in [9.17, 15) is 22.4 Å². The van der Waals surface area contributed by atoms with Gasteiger partial charge >= 0.3 is 12.1 Å². The van der Waals surface area contributed by atoms with Crippen LogP contribution in [0.1, 0.15) is 17.9 Å². The van der Waals surface area contributed by atoms with Crippen LogP contribution in [-0.2, 0) is 4.79 Å². The number of alkyl halides is 3.